The number of rotatable bonds is 7. The summed E-state index contributed by atoms with van der Waals surface area (Å²) in [5, 5.41) is 0. The Morgan fingerprint density at radius 2 is 1.78 bits per heavy atom. The van der Waals surface area contributed by atoms with E-state index in [4.69, 9.17) is 4.74 Å². The molecule has 0 bridgehead atoms. The Morgan fingerprint density at radius 1 is 1.00 bits per heavy atom. The summed E-state index contributed by atoms with van der Waals surface area (Å²) in [6.07, 6.45) is 3.23. The van der Waals surface area contributed by atoms with Crippen LogP contribution >= 0.6 is 0 Å². The summed E-state index contributed by atoms with van der Waals surface area (Å²) >= 11 is 0. The van der Waals surface area contributed by atoms with Crippen molar-refractivity contribution in [2.75, 3.05) is 12.4 Å². The molecule has 1 atom stereocenters. The van der Waals surface area contributed by atoms with Gasteiger partial charge in [0.1, 0.15) is 11.5 Å². The lowest BCUT2D eigenvalue weighted by Crippen LogP contribution is -2.22. The third-order valence-corrected chi connectivity index (χ3v) is 7.86. The molecule has 0 radical (unpaired) electrons. The Bertz CT molecular complexity index is 1160. The quantitative estimate of drug-likeness (QED) is 0.536. The fraction of sp³-hybridized carbons (Fsp3) is 0.296. The predicted octanol–water partition coefficient (Wildman–Crippen LogP) is 4.43. The molecular formula is C27H28O4S. The molecule has 0 amide bonds. The van der Waals surface area contributed by atoms with Crippen molar-refractivity contribution < 1.29 is 19.2 Å². The normalized spacial score (nSPS) is 16.4. The van der Waals surface area contributed by atoms with Crippen LogP contribution in [0.1, 0.15) is 36.5 Å². The Kier molecular flexibility index (Phi) is 6.31. The molecule has 3 aromatic rings. The highest BCUT2D eigenvalue weighted by molar-refractivity contribution is 7.85. The summed E-state index contributed by atoms with van der Waals surface area (Å²) in [4.78, 5) is 14.2. The Labute approximate surface area is 191 Å². The van der Waals surface area contributed by atoms with E-state index in [1.165, 1.54) is 5.56 Å². The van der Waals surface area contributed by atoms with E-state index in [1.807, 2.05) is 43.3 Å². The maximum atomic E-state index is 13.3. The molecule has 1 saturated carbocycles. The van der Waals surface area contributed by atoms with Crippen LogP contribution in [-0.2, 0) is 33.9 Å². The minimum absolute atomic E-state index is 0. The van der Waals surface area contributed by atoms with Crippen LogP contribution in [0.2, 0.25) is 0 Å². The van der Waals surface area contributed by atoms with Gasteiger partial charge in [0.05, 0.1) is 22.8 Å². The summed E-state index contributed by atoms with van der Waals surface area (Å²) in [5.41, 5.74) is 5.19. The van der Waals surface area contributed by atoms with Crippen molar-refractivity contribution in [1.29, 1.82) is 0 Å². The first-order chi connectivity index (χ1) is 15.1. The smallest absolute Gasteiger partial charge is 0.147 e. The molecule has 166 valence electrons. The highest BCUT2D eigenvalue weighted by Gasteiger charge is 2.50. The predicted molar refractivity (Wildman–Crippen MR) is 128 cm³/mol. The van der Waals surface area contributed by atoms with E-state index >= 15 is 0 Å². The van der Waals surface area contributed by atoms with Crippen molar-refractivity contribution in [1.82, 2.24) is 0 Å². The van der Waals surface area contributed by atoms with Gasteiger partial charge in [0.25, 0.3) is 0 Å². The van der Waals surface area contributed by atoms with Crippen molar-refractivity contribution in [2.24, 2.45) is 0 Å². The molecule has 1 heterocycles. The summed E-state index contributed by atoms with van der Waals surface area (Å²) in [5.74, 6) is 1.86. The van der Waals surface area contributed by atoms with E-state index in [0.29, 0.717) is 12.2 Å². The van der Waals surface area contributed by atoms with Gasteiger partial charge in [0, 0.05) is 23.5 Å². The van der Waals surface area contributed by atoms with Gasteiger partial charge in [-0.15, -0.1) is 0 Å². The molecule has 1 unspecified atom stereocenters. The van der Waals surface area contributed by atoms with Crippen LogP contribution in [0, 0.1) is 0 Å². The second-order valence-corrected chi connectivity index (χ2v) is 10.2. The zero-order chi connectivity index (χ0) is 21.4. The number of Topliss-reactive ketones (excluding diaryl/α,β-unsaturated/α-hetero) is 1. The maximum absolute atomic E-state index is 13.3. The highest BCUT2D eigenvalue weighted by atomic mass is 32.2. The van der Waals surface area contributed by atoms with Crippen LogP contribution < -0.4 is 4.74 Å². The van der Waals surface area contributed by atoms with E-state index in [9.17, 15) is 9.00 Å². The monoisotopic (exact) mass is 448 g/mol. The maximum Gasteiger partial charge on any atom is 0.147 e. The van der Waals surface area contributed by atoms with Gasteiger partial charge >= 0.3 is 0 Å². The van der Waals surface area contributed by atoms with Crippen LogP contribution in [0.3, 0.4) is 0 Å². The first-order valence-electron chi connectivity index (χ1n) is 11.0. The Balaban J connectivity index is 0.00000245. The average molecular weight is 449 g/mol. The van der Waals surface area contributed by atoms with Crippen molar-refractivity contribution in [3.63, 3.8) is 0 Å². The molecule has 5 heteroatoms. The number of carbonyl (C=O) groups excluding carboxylic acids is 1. The van der Waals surface area contributed by atoms with E-state index in [0.717, 1.165) is 58.8 Å². The highest BCUT2D eigenvalue weighted by Crippen LogP contribution is 2.51. The van der Waals surface area contributed by atoms with Gasteiger partial charge in [-0.05, 0) is 58.9 Å². The minimum atomic E-state index is -0.942. The standard InChI is InChI=1S/C27H26O3S.H2O/c1-2-31(29)24-10-7-20(8-11-24)22-5-3-4-19(16-22)17-26(28)27(13-14-27)23-9-6-21-12-15-30-25(21)18-23;/h3-11,16,18H,2,12-15,17H2,1H3;1H2. The molecule has 1 fully saturated rings. The first-order valence-corrected chi connectivity index (χ1v) is 12.3. The number of hydrogen-bond acceptors (Lipinski definition) is 3. The molecule has 1 aliphatic heterocycles. The van der Waals surface area contributed by atoms with E-state index in [-0.39, 0.29) is 16.7 Å². The Hall–Kier alpha value is -2.76. The molecule has 0 aromatic heterocycles. The van der Waals surface area contributed by atoms with Crippen molar-refractivity contribution in [3.05, 3.63) is 83.4 Å². The lowest BCUT2D eigenvalue weighted by Gasteiger charge is -2.16. The second kappa shape index (κ2) is 9.00. The van der Waals surface area contributed by atoms with Crippen LogP contribution in [0.5, 0.6) is 5.75 Å². The average Bonchev–Trinajstić information content (AvgIpc) is 3.49. The third kappa shape index (κ3) is 4.15. The van der Waals surface area contributed by atoms with E-state index in [1.54, 1.807) is 0 Å². The molecule has 2 N–H and O–H groups in total. The topological polar surface area (TPSA) is 74.9 Å². The fourth-order valence-corrected chi connectivity index (χ4v) is 5.27. The number of benzene rings is 3. The van der Waals surface area contributed by atoms with Crippen LogP contribution in [-0.4, -0.2) is 27.8 Å². The van der Waals surface area contributed by atoms with Gasteiger partial charge in [-0.1, -0.05) is 55.5 Å². The number of hydrogen-bond donors (Lipinski definition) is 0. The molecule has 5 rings (SSSR count). The lowest BCUT2D eigenvalue weighted by molar-refractivity contribution is -0.120. The number of ketones is 1. The van der Waals surface area contributed by atoms with Gasteiger partial charge in [-0.3, -0.25) is 9.00 Å². The number of ether oxygens (including phenoxy) is 1. The van der Waals surface area contributed by atoms with Gasteiger partial charge in [-0.2, -0.15) is 0 Å². The molecule has 2 aliphatic rings. The Morgan fingerprint density at radius 3 is 2.50 bits per heavy atom. The summed E-state index contributed by atoms with van der Waals surface area (Å²) in [7, 11) is -0.942. The molecule has 3 aromatic carbocycles. The summed E-state index contributed by atoms with van der Waals surface area (Å²) in [6.45, 7) is 2.66. The van der Waals surface area contributed by atoms with Gasteiger partial charge in [0.15, 0.2) is 0 Å². The zero-order valence-corrected chi connectivity index (χ0v) is 19.0. The summed E-state index contributed by atoms with van der Waals surface area (Å²) < 4.78 is 17.7. The van der Waals surface area contributed by atoms with Gasteiger partial charge in [0.2, 0.25) is 0 Å². The minimum Gasteiger partial charge on any atom is -0.493 e. The summed E-state index contributed by atoms with van der Waals surface area (Å²) in [6, 6.07) is 22.4. The van der Waals surface area contributed by atoms with Gasteiger partial charge in [-0.25, -0.2) is 0 Å². The third-order valence-electron chi connectivity index (χ3n) is 6.54. The molecule has 32 heavy (non-hydrogen) atoms. The number of fused-ring (bicyclic) bond motifs is 1. The zero-order valence-electron chi connectivity index (χ0n) is 18.2. The van der Waals surface area contributed by atoms with Crippen LogP contribution in [0.25, 0.3) is 11.1 Å². The van der Waals surface area contributed by atoms with Crippen LogP contribution in [0.15, 0.2) is 71.6 Å². The van der Waals surface area contributed by atoms with Crippen molar-refractivity contribution in [2.45, 2.75) is 42.9 Å². The molecule has 4 nitrogen and oxygen atoms in total. The molecular weight excluding hydrogens is 420 g/mol. The fourth-order valence-electron chi connectivity index (χ4n) is 4.50. The molecule has 1 aliphatic carbocycles. The molecule has 0 saturated heterocycles. The van der Waals surface area contributed by atoms with Crippen molar-refractivity contribution in [3.8, 4) is 16.9 Å². The largest absolute Gasteiger partial charge is 0.493 e. The second-order valence-electron chi connectivity index (χ2n) is 8.46. The van der Waals surface area contributed by atoms with E-state index in [2.05, 4.69) is 30.3 Å². The van der Waals surface area contributed by atoms with Crippen molar-refractivity contribution >= 4 is 16.6 Å². The number of carbonyl (C=O) groups is 1. The first kappa shape index (κ1) is 22.4. The lowest BCUT2D eigenvalue weighted by atomic mass is 9.87. The SMILES string of the molecule is CCS(=O)c1ccc(-c2cccc(CC(=O)C3(c4ccc5c(c4)OCC5)CC3)c2)cc1.O. The molecule has 0 spiro atoms. The van der Waals surface area contributed by atoms with Gasteiger partial charge < -0.3 is 10.2 Å². The van der Waals surface area contributed by atoms with E-state index < -0.39 is 10.8 Å². The van der Waals surface area contributed by atoms with Crippen LogP contribution in [0.4, 0.5) is 0 Å².